The van der Waals surface area contributed by atoms with Crippen LogP contribution in [-0.4, -0.2) is 32.2 Å². The largest absolute Gasteiger partial charge is 0.497 e. The lowest BCUT2D eigenvalue weighted by Gasteiger charge is -2.11. The molecule has 1 amide bonds. The van der Waals surface area contributed by atoms with Crippen LogP contribution in [-0.2, 0) is 24.2 Å². The Bertz CT molecular complexity index is 1600. The lowest BCUT2D eigenvalue weighted by molar-refractivity contribution is -0.116. The Morgan fingerprint density at radius 2 is 2.12 bits per heavy atom. The molecule has 0 saturated carbocycles. The monoisotopic (exact) mass is 475 g/mol. The first-order valence-corrected chi connectivity index (χ1v) is 11.9. The molecule has 0 saturated heterocycles. The van der Waals surface area contributed by atoms with Gasteiger partial charge in [-0.1, -0.05) is 6.07 Å². The van der Waals surface area contributed by atoms with E-state index in [-0.39, 0.29) is 12.5 Å². The van der Waals surface area contributed by atoms with E-state index in [4.69, 9.17) is 9.15 Å². The normalized spacial score (nSPS) is 13.3. The maximum absolute atomic E-state index is 13.5. The third kappa shape index (κ3) is 3.38. The van der Waals surface area contributed by atoms with Gasteiger partial charge < -0.3 is 14.5 Å². The number of rotatable bonds is 5. The van der Waals surface area contributed by atoms with E-state index in [1.807, 2.05) is 0 Å². The van der Waals surface area contributed by atoms with E-state index in [9.17, 15) is 9.59 Å². The van der Waals surface area contributed by atoms with Crippen LogP contribution in [0.15, 0.2) is 51.9 Å². The zero-order chi connectivity index (χ0) is 23.2. The summed E-state index contributed by atoms with van der Waals surface area (Å²) >= 11 is 1.57. The molecule has 172 valence electrons. The topological polar surface area (TPSA) is 104 Å². The molecular formula is C24H21N5O4S. The van der Waals surface area contributed by atoms with Gasteiger partial charge in [0.25, 0.3) is 0 Å². The van der Waals surface area contributed by atoms with Crippen molar-refractivity contribution in [1.29, 1.82) is 0 Å². The number of ether oxygens (including phenoxy) is 1. The standard InChI is InChI=1S/C24H21N5O4S/c1-32-15-7-4-6-14(12-15)25-19(30)13-28-23-20(16-8-2-3-10-18(16)34-23)22-26-21(17-9-5-11-33-17)27-29(22)24(28)31/h4-7,9,11-12H,2-3,8,10,13H2,1H3,(H,25,30). The quantitative estimate of drug-likeness (QED) is 0.414. The van der Waals surface area contributed by atoms with E-state index in [0.29, 0.717) is 28.7 Å². The number of methoxy groups -OCH3 is 1. The van der Waals surface area contributed by atoms with Gasteiger partial charge in [-0.3, -0.25) is 9.36 Å². The van der Waals surface area contributed by atoms with Crippen molar-refractivity contribution in [2.45, 2.75) is 32.2 Å². The van der Waals surface area contributed by atoms with Gasteiger partial charge in [0.05, 0.1) is 18.8 Å². The van der Waals surface area contributed by atoms with Crippen LogP contribution in [0.25, 0.3) is 27.4 Å². The number of furan rings is 1. The Hall–Kier alpha value is -3.92. The van der Waals surface area contributed by atoms with Gasteiger partial charge in [0.15, 0.2) is 11.4 Å². The Morgan fingerprint density at radius 1 is 1.24 bits per heavy atom. The van der Waals surface area contributed by atoms with Crippen LogP contribution in [0.3, 0.4) is 0 Å². The van der Waals surface area contributed by atoms with Crippen molar-refractivity contribution in [3.05, 3.63) is 63.6 Å². The van der Waals surface area contributed by atoms with Crippen LogP contribution in [0.1, 0.15) is 23.3 Å². The molecule has 5 aromatic rings. The van der Waals surface area contributed by atoms with Crippen LogP contribution < -0.4 is 15.7 Å². The number of carbonyl (C=O) groups is 1. The Morgan fingerprint density at radius 3 is 2.94 bits per heavy atom. The minimum Gasteiger partial charge on any atom is -0.497 e. The zero-order valence-electron chi connectivity index (χ0n) is 18.4. The van der Waals surface area contributed by atoms with E-state index in [1.54, 1.807) is 61.1 Å². The van der Waals surface area contributed by atoms with Gasteiger partial charge in [-0.25, -0.2) is 9.78 Å². The van der Waals surface area contributed by atoms with Gasteiger partial charge in [0.2, 0.25) is 11.7 Å². The van der Waals surface area contributed by atoms with E-state index in [1.165, 1.54) is 19.5 Å². The van der Waals surface area contributed by atoms with Gasteiger partial charge in [-0.05, 0) is 55.5 Å². The summed E-state index contributed by atoms with van der Waals surface area (Å²) in [6.07, 6.45) is 5.62. The molecule has 9 nitrogen and oxygen atoms in total. The number of carbonyl (C=O) groups excluding carboxylic acids is 1. The lowest BCUT2D eigenvalue weighted by Crippen LogP contribution is -2.32. The van der Waals surface area contributed by atoms with Crippen LogP contribution in [0, 0.1) is 0 Å². The molecule has 0 bridgehead atoms. The minimum absolute atomic E-state index is 0.141. The third-order valence-electron chi connectivity index (χ3n) is 6.04. The summed E-state index contributed by atoms with van der Waals surface area (Å²) in [5.74, 6) is 1.16. The number of hydrogen-bond donors (Lipinski definition) is 1. The fourth-order valence-corrected chi connectivity index (χ4v) is 5.85. The maximum atomic E-state index is 13.5. The number of nitrogens with one attached hydrogen (secondary N) is 1. The molecular weight excluding hydrogens is 454 g/mol. The molecule has 0 fully saturated rings. The number of thiophene rings is 1. The molecule has 0 atom stereocenters. The molecule has 0 aliphatic heterocycles. The first kappa shape index (κ1) is 20.7. The van der Waals surface area contributed by atoms with E-state index in [2.05, 4.69) is 15.4 Å². The highest BCUT2D eigenvalue weighted by molar-refractivity contribution is 7.19. The van der Waals surface area contributed by atoms with Crippen molar-refractivity contribution < 1.29 is 13.9 Å². The summed E-state index contributed by atoms with van der Waals surface area (Å²) in [5.41, 5.74) is 1.90. The smallest absolute Gasteiger partial charge is 0.352 e. The van der Waals surface area contributed by atoms with E-state index >= 15 is 0 Å². The van der Waals surface area contributed by atoms with Crippen LogP contribution in [0.2, 0.25) is 0 Å². The fourth-order valence-electron chi connectivity index (χ4n) is 4.48. The van der Waals surface area contributed by atoms with Crippen LogP contribution in [0.4, 0.5) is 5.69 Å². The summed E-state index contributed by atoms with van der Waals surface area (Å²) in [6.45, 7) is -0.141. The predicted octanol–water partition coefficient (Wildman–Crippen LogP) is 3.89. The van der Waals surface area contributed by atoms with Crippen molar-refractivity contribution in [3.8, 4) is 17.3 Å². The van der Waals surface area contributed by atoms with Crippen LogP contribution in [0.5, 0.6) is 5.75 Å². The molecule has 0 unspecified atom stereocenters. The van der Waals surface area contributed by atoms with Crippen molar-refractivity contribution in [2.24, 2.45) is 0 Å². The third-order valence-corrected chi connectivity index (χ3v) is 7.35. The number of benzene rings is 1. The number of aromatic nitrogens is 4. The summed E-state index contributed by atoms with van der Waals surface area (Å²) < 4.78 is 13.5. The van der Waals surface area contributed by atoms with Gasteiger partial charge >= 0.3 is 5.69 Å². The zero-order valence-corrected chi connectivity index (χ0v) is 19.2. The van der Waals surface area contributed by atoms with Gasteiger partial charge in [-0.2, -0.15) is 4.52 Å². The second-order valence-corrected chi connectivity index (χ2v) is 9.27. The second-order valence-electron chi connectivity index (χ2n) is 8.19. The lowest BCUT2D eigenvalue weighted by atomic mass is 9.97. The van der Waals surface area contributed by atoms with Gasteiger partial charge in [0, 0.05) is 16.6 Å². The fraction of sp³-hybridized carbons (Fsp3) is 0.250. The number of fused-ring (bicyclic) bond motifs is 5. The molecule has 1 aliphatic rings. The average Bonchev–Trinajstić information content (AvgIpc) is 3.59. The van der Waals surface area contributed by atoms with Crippen LogP contribution >= 0.6 is 11.3 Å². The van der Waals surface area contributed by atoms with Crippen molar-refractivity contribution in [3.63, 3.8) is 0 Å². The molecule has 0 radical (unpaired) electrons. The predicted molar refractivity (Wildman–Crippen MR) is 129 cm³/mol. The Labute approximate surface area is 197 Å². The summed E-state index contributed by atoms with van der Waals surface area (Å²) in [5, 5.41) is 8.20. The molecule has 0 spiro atoms. The highest BCUT2D eigenvalue weighted by Crippen LogP contribution is 2.38. The molecule has 6 rings (SSSR count). The molecule has 4 heterocycles. The second kappa shape index (κ2) is 8.14. The summed E-state index contributed by atoms with van der Waals surface area (Å²) in [4.78, 5) is 33.2. The number of nitrogens with zero attached hydrogens (tertiary/aromatic N) is 4. The minimum atomic E-state index is -0.410. The molecule has 34 heavy (non-hydrogen) atoms. The maximum Gasteiger partial charge on any atom is 0.352 e. The molecule has 1 aromatic carbocycles. The summed E-state index contributed by atoms with van der Waals surface area (Å²) in [7, 11) is 1.57. The molecule has 4 aromatic heterocycles. The van der Waals surface area contributed by atoms with Gasteiger partial charge in [0.1, 0.15) is 17.1 Å². The molecule has 1 N–H and O–H groups in total. The van der Waals surface area contributed by atoms with E-state index < -0.39 is 5.69 Å². The highest BCUT2D eigenvalue weighted by atomic mass is 32.1. The number of aryl methyl sites for hydroxylation is 2. The first-order chi connectivity index (χ1) is 16.6. The van der Waals surface area contributed by atoms with Crippen molar-refractivity contribution >= 4 is 38.8 Å². The Kier molecular flexibility index (Phi) is 4.95. The molecule has 10 heteroatoms. The summed E-state index contributed by atoms with van der Waals surface area (Å²) in [6, 6.07) is 10.6. The SMILES string of the molecule is COc1cccc(NC(=O)Cn2c(=O)n3nc(-c4ccco4)nc3c3c4c(sc32)CCCC4)c1. The van der Waals surface area contributed by atoms with Crippen molar-refractivity contribution in [2.75, 3.05) is 12.4 Å². The number of hydrogen-bond acceptors (Lipinski definition) is 7. The Balaban J connectivity index is 1.49. The average molecular weight is 476 g/mol. The first-order valence-electron chi connectivity index (χ1n) is 11.0. The molecule has 1 aliphatic carbocycles. The number of amides is 1. The highest BCUT2D eigenvalue weighted by Gasteiger charge is 2.25. The van der Waals surface area contributed by atoms with E-state index in [0.717, 1.165) is 35.9 Å². The number of anilines is 1. The van der Waals surface area contributed by atoms with Crippen molar-refractivity contribution in [1.82, 2.24) is 19.2 Å². The van der Waals surface area contributed by atoms with Gasteiger partial charge in [-0.15, -0.1) is 16.4 Å².